The van der Waals surface area contributed by atoms with Gasteiger partial charge in [-0.05, 0) is 50.1 Å². The average molecular weight is 354 g/mol. The molecule has 0 unspecified atom stereocenters. The van der Waals surface area contributed by atoms with Crippen molar-refractivity contribution < 1.29 is 9.90 Å². The highest BCUT2D eigenvalue weighted by Crippen LogP contribution is 2.15. The van der Waals surface area contributed by atoms with Crippen LogP contribution in [-0.4, -0.2) is 59.0 Å². The molecule has 1 aliphatic heterocycles. The summed E-state index contributed by atoms with van der Waals surface area (Å²) in [7, 11) is 0. The summed E-state index contributed by atoms with van der Waals surface area (Å²) in [5.41, 5.74) is 1.00. The maximum Gasteiger partial charge on any atom is 0.172 e. The van der Waals surface area contributed by atoms with Crippen molar-refractivity contribution in [1.82, 2.24) is 14.9 Å². The second kappa shape index (κ2) is 9.29. The summed E-state index contributed by atoms with van der Waals surface area (Å²) in [5.74, 6) is 1.02. The predicted octanol–water partition coefficient (Wildman–Crippen LogP) is 2.53. The van der Waals surface area contributed by atoms with Crippen molar-refractivity contribution >= 4 is 12.1 Å². The summed E-state index contributed by atoms with van der Waals surface area (Å²) in [6.45, 7) is 5.35. The number of aromatic nitrogens is 2. The number of aromatic hydroxyl groups is 1. The molecule has 3 heterocycles. The molecule has 0 bridgehead atoms. The Labute approximate surface area is 154 Å². The van der Waals surface area contributed by atoms with Crippen LogP contribution in [0.4, 0.5) is 5.82 Å². The van der Waals surface area contributed by atoms with E-state index in [1.54, 1.807) is 12.1 Å². The molecule has 6 heteroatoms. The Morgan fingerprint density at radius 3 is 2.62 bits per heavy atom. The van der Waals surface area contributed by atoms with Crippen molar-refractivity contribution in [3.8, 4) is 5.75 Å². The summed E-state index contributed by atoms with van der Waals surface area (Å²) in [6, 6.07) is 9.40. The maximum atomic E-state index is 10.8. The smallest absolute Gasteiger partial charge is 0.172 e. The van der Waals surface area contributed by atoms with Crippen molar-refractivity contribution in [2.24, 2.45) is 0 Å². The number of unbranched alkanes of at least 4 members (excludes halogenated alkanes) is 2. The van der Waals surface area contributed by atoms with Gasteiger partial charge in [0.2, 0.25) is 0 Å². The van der Waals surface area contributed by atoms with E-state index >= 15 is 0 Å². The minimum Gasteiger partial charge on any atom is -0.506 e. The minimum atomic E-state index is -0.0476. The van der Waals surface area contributed by atoms with Gasteiger partial charge in [-0.1, -0.05) is 12.5 Å². The SMILES string of the molecule is O=Cc1nc(CCCCCN2CCN(c3ccccn3)CC2)ccc1O. The lowest BCUT2D eigenvalue weighted by Crippen LogP contribution is -2.46. The van der Waals surface area contributed by atoms with E-state index in [1.165, 1.54) is 6.42 Å². The molecule has 138 valence electrons. The van der Waals surface area contributed by atoms with Crippen LogP contribution in [0.5, 0.6) is 5.75 Å². The van der Waals surface area contributed by atoms with Crippen LogP contribution in [0.15, 0.2) is 36.5 Å². The van der Waals surface area contributed by atoms with Gasteiger partial charge in [-0.3, -0.25) is 9.69 Å². The second-order valence-corrected chi connectivity index (χ2v) is 6.65. The van der Waals surface area contributed by atoms with Crippen LogP contribution in [0.1, 0.15) is 35.4 Å². The zero-order valence-corrected chi connectivity index (χ0v) is 15.0. The van der Waals surface area contributed by atoms with Crippen molar-refractivity contribution in [2.45, 2.75) is 25.7 Å². The number of nitrogens with zero attached hydrogens (tertiary/aromatic N) is 4. The fraction of sp³-hybridized carbons (Fsp3) is 0.450. The van der Waals surface area contributed by atoms with E-state index in [1.807, 2.05) is 18.3 Å². The van der Waals surface area contributed by atoms with Crippen molar-refractivity contribution in [3.05, 3.63) is 47.9 Å². The Bertz CT molecular complexity index is 700. The van der Waals surface area contributed by atoms with Crippen LogP contribution in [0.3, 0.4) is 0 Å². The molecule has 2 aromatic rings. The minimum absolute atomic E-state index is 0.0476. The maximum absolute atomic E-state index is 10.8. The molecule has 26 heavy (non-hydrogen) atoms. The van der Waals surface area contributed by atoms with Gasteiger partial charge >= 0.3 is 0 Å². The number of carbonyl (C=O) groups excluding carboxylic acids is 1. The normalized spacial score (nSPS) is 15.2. The molecule has 1 N–H and O–H groups in total. The Kier molecular flexibility index (Phi) is 6.55. The Morgan fingerprint density at radius 1 is 1.04 bits per heavy atom. The molecule has 1 aliphatic rings. The van der Waals surface area contributed by atoms with Gasteiger partial charge in [0.05, 0.1) is 0 Å². The van der Waals surface area contributed by atoms with Crippen LogP contribution >= 0.6 is 0 Å². The molecule has 0 aliphatic carbocycles. The molecule has 0 saturated carbocycles. The topological polar surface area (TPSA) is 69.6 Å². The molecule has 1 saturated heterocycles. The second-order valence-electron chi connectivity index (χ2n) is 6.65. The predicted molar refractivity (Wildman–Crippen MR) is 102 cm³/mol. The molecule has 0 spiro atoms. The lowest BCUT2D eigenvalue weighted by atomic mass is 10.1. The van der Waals surface area contributed by atoms with Crippen LogP contribution in [0, 0.1) is 0 Å². The first-order valence-electron chi connectivity index (χ1n) is 9.28. The zero-order valence-electron chi connectivity index (χ0n) is 15.0. The first kappa shape index (κ1) is 18.3. The van der Waals surface area contributed by atoms with E-state index in [2.05, 4.69) is 25.8 Å². The number of aldehydes is 1. The van der Waals surface area contributed by atoms with Gasteiger partial charge < -0.3 is 10.0 Å². The summed E-state index contributed by atoms with van der Waals surface area (Å²) >= 11 is 0. The van der Waals surface area contributed by atoms with Gasteiger partial charge in [0.25, 0.3) is 0 Å². The third-order valence-electron chi connectivity index (χ3n) is 4.82. The van der Waals surface area contributed by atoms with Crippen LogP contribution in [0.25, 0.3) is 0 Å². The van der Waals surface area contributed by atoms with Crippen molar-refractivity contribution in [2.75, 3.05) is 37.6 Å². The lowest BCUT2D eigenvalue weighted by molar-refractivity contribution is 0.111. The number of carbonyl (C=O) groups is 1. The molecule has 0 radical (unpaired) electrons. The van der Waals surface area contributed by atoms with Gasteiger partial charge in [-0.25, -0.2) is 9.97 Å². The lowest BCUT2D eigenvalue weighted by Gasteiger charge is -2.35. The Balaban J connectivity index is 1.32. The molecule has 2 aromatic heterocycles. The number of hydrogen-bond donors (Lipinski definition) is 1. The first-order valence-corrected chi connectivity index (χ1v) is 9.28. The fourth-order valence-electron chi connectivity index (χ4n) is 3.30. The zero-order chi connectivity index (χ0) is 18.2. The van der Waals surface area contributed by atoms with E-state index in [9.17, 15) is 9.90 Å². The van der Waals surface area contributed by atoms with Gasteiger partial charge in [0.15, 0.2) is 6.29 Å². The van der Waals surface area contributed by atoms with Crippen molar-refractivity contribution in [1.29, 1.82) is 0 Å². The molecular weight excluding hydrogens is 328 g/mol. The van der Waals surface area contributed by atoms with Gasteiger partial charge in [-0.15, -0.1) is 0 Å². The van der Waals surface area contributed by atoms with Crippen LogP contribution < -0.4 is 4.90 Å². The number of anilines is 1. The third kappa shape index (κ3) is 5.02. The van der Waals surface area contributed by atoms with Crippen molar-refractivity contribution in [3.63, 3.8) is 0 Å². The average Bonchev–Trinajstić information content (AvgIpc) is 2.70. The Morgan fingerprint density at radius 2 is 1.88 bits per heavy atom. The van der Waals surface area contributed by atoms with Gasteiger partial charge in [0, 0.05) is 38.1 Å². The van der Waals surface area contributed by atoms with E-state index in [0.29, 0.717) is 6.29 Å². The number of rotatable bonds is 8. The van der Waals surface area contributed by atoms with Gasteiger partial charge in [-0.2, -0.15) is 0 Å². The summed E-state index contributed by atoms with van der Waals surface area (Å²) in [5, 5.41) is 9.47. The van der Waals surface area contributed by atoms with E-state index in [4.69, 9.17) is 0 Å². The number of aryl methyl sites for hydroxylation is 1. The van der Waals surface area contributed by atoms with Crippen LogP contribution in [-0.2, 0) is 6.42 Å². The highest BCUT2D eigenvalue weighted by atomic mass is 16.3. The summed E-state index contributed by atoms with van der Waals surface area (Å²) in [4.78, 5) is 24.3. The summed E-state index contributed by atoms with van der Waals surface area (Å²) in [6.07, 6.45) is 6.65. The molecule has 0 amide bonds. The molecule has 0 aromatic carbocycles. The molecule has 3 rings (SSSR count). The highest BCUT2D eigenvalue weighted by Gasteiger charge is 2.17. The van der Waals surface area contributed by atoms with E-state index in [0.717, 1.165) is 63.5 Å². The molecule has 0 atom stereocenters. The quantitative estimate of drug-likeness (QED) is 0.580. The number of piperazine rings is 1. The van der Waals surface area contributed by atoms with E-state index in [-0.39, 0.29) is 11.4 Å². The Hall–Kier alpha value is -2.47. The third-order valence-corrected chi connectivity index (χ3v) is 4.82. The highest BCUT2D eigenvalue weighted by molar-refractivity contribution is 5.75. The number of pyridine rings is 2. The number of hydrogen-bond acceptors (Lipinski definition) is 6. The fourth-order valence-corrected chi connectivity index (χ4v) is 3.30. The molecule has 1 fully saturated rings. The van der Waals surface area contributed by atoms with E-state index < -0.39 is 0 Å². The first-order chi connectivity index (χ1) is 12.8. The van der Waals surface area contributed by atoms with Gasteiger partial charge in [0.1, 0.15) is 17.3 Å². The monoisotopic (exact) mass is 354 g/mol. The molecular formula is C20H26N4O2. The standard InChI is InChI=1S/C20H26N4O2/c25-16-18-19(26)9-8-17(22-18)6-2-1-5-11-23-12-14-24(15-13-23)20-7-3-4-10-21-20/h3-4,7-10,16,26H,1-2,5-6,11-15H2. The molecule has 6 nitrogen and oxygen atoms in total. The van der Waals surface area contributed by atoms with Crippen LogP contribution in [0.2, 0.25) is 0 Å². The largest absolute Gasteiger partial charge is 0.506 e. The summed E-state index contributed by atoms with van der Waals surface area (Å²) < 4.78 is 0.